The van der Waals surface area contributed by atoms with Crippen LogP contribution in [0.25, 0.3) is 0 Å². The number of nitrogens with one attached hydrogen (secondary N) is 1. The van der Waals surface area contributed by atoms with Gasteiger partial charge < -0.3 is 10.2 Å². The summed E-state index contributed by atoms with van der Waals surface area (Å²) in [5.74, 6) is 0.867. The number of likely N-dealkylation sites (tertiary alicyclic amines) is 1. The quantitative estimate of drug-likeness (QED) is 0.856. The molecule has 1 heterocycles. The minimum atomic E-state index is 0.230. The Morgan fingerprint density at radius 3 is 2.55 bits per heavy atom. The van der Waals surface area contributed by atoms with Gasteiger partial charge in [-0.1, -0.05) is 44.2 Å². The van der Waals surface area contributed by atoms with Crippen molar-refractivity contribution < 1.29 is 0 Å². The first-order valence-electron chi connectivity index (χ1n) is 8.17. The highest BCUT2D eigenvalue weighted by molar-refractivity contribution is 5.26. The molecule has 0 spiro atoms. The summed E-state index contributed by atoms with van der Waals surface area (Å²) < 4.78 is 0. The maximum absolute atomic E-state index is 3.75. The molecule has 1 saturated heterocycles. The monoisotopic (exact) mass is 272 g/mol. The Morgan fingerprint density at radius 2 is 1.95 bits per heavy atom. The molecule has 1 aliphatic heterocycles. The van der Waals surface area contributed by atoms with Crippen LogP contribution >= 0.6 is 0 Å². The molecule has 1 aromatic carbocycles. The number of rotatable bonds is 6. The largest absolute Gasteiger partial charge is 0.313 e. The number of hydrogen-bond donors (Lipinski definition) is 1. The smallest absolute Gasteiger partial charge is 0.0177 e. The van der Waals surface area contributed by atoms with Gasteiger partial charge in [-0.2, -0.15) is 0 Å². The Hall–Kier alpha value is -0.860. The highest BCUT2D eigenvalue weighted by Crippen LogP contribution is 2.29. The van der Waals surface area contributed by atoms with Gasteiger partial charge in [-0.15, -0.1) is 0 Å². The molecule has 1 aliphatic carbocycles. The van der Waals surface area contributed by atoms with Gasteiger partial charge in [0.25, 0.3) is 0 Å². The Morgan fingerprint density at radius 1 is 1.20 bits per heavy atom. The van der Waals surface area contributed by atoms with Crippen molar-refractivity contribution in [2.45, 2.75) is 44.6 Å². The zero-order chi connectivity index (χ0) is 14.0. The molecule has 1 aromatic rings. The topological polar surface area (TPSA) is 15.3 Å². The summed E-state index contributed by atoms with van der Waals surface area (Å²) in [5.41, 5.74) is 1.71. The van der Waals surface area contributed by atoms with Gasteiger partial charge in [0.15, 0.2) is 0 Å². The fraction of sp³-hybridized carbons (Fsp3) is 0.667. The number of benzene rings is 1. The van der Waals surface area contributed by atoms with Crippen LogP contribution in [0.5, 0.6) is 0 Å². The molecule has 0 aromatic heterocycles. The predicted octanol–water partition coefficient (Wildman–Crippen LogP) is 3.04. The second-order valence-corrected chi connectivity index (χ2v) is 7.21. The molecule has 2 atom stereocenters. The van der Waals surface area contributed by atoms with Gasteiger partial charge in [0, 0.05) is 31.1 Å². The molecule has 1 saturated carbocycles. The third kappa shape index (κ3) is 3.42. The lowest BCUT2D eigenvalue weighted by molar-refractivity contribution is 0.244. The van der Waals surface area contributed by atoms with Crippen molar-refractivity contribution in [1.29, 1.82) is 0 Å². The Labute approximate surface area is 123 Å². The highest BCUT2D eigenvalue weighted by Gasteiger charge is 2.33. The number of nitrogens with zero attached hydrogens (tertiary/aromatic N) is 1. The lowest BCUT2D eigenvalue weighted by atomic mass is 9.81. The average molecular weight is 272 g/mol. The van der Waals surface area contributed by atoms with Crippen LogP contribution in [0.4, 0.5) is 0 Å². The zero-order valence-corrected chi connectivity index (χ0v) is 12.9. The summed E-state index contributed by atoms with van der Waals surface area (Å²) in [6.07, 6.45) is 4.10. The summed E-state index contributed by atoms with van der Waals surface area (Å²) in [7, 11) is 0. The van der Waals surface area contributed by atoms with Gasteiger partial charge in [0.1, 0.15) is 0 Å². The van der Waals surface area contributed by atoms with Crippen molar-refractivity contribution in [2.75, 3.05) is 26.2 Å². The first kappa shape index (κ1) is 14.1. The van der Waals surface area contributed by atoms with Gasteiger partial charge in [-0.25, -0.2) is 0 Å². The van der Waals surface area contributed by atoms with Gasteiger partial charge in [-0.3, -0.25) is 0 Å². The molecule has 110 valence electrons. The Bertz CT molecular complexity index is 426. The second kappa shape index (κ2) is 5.87. The van der Waals surface area contributed by atoms with Crippen LogP contribution in [0.3, 0.4) is 0 Å². The van der Waals surface area contributed by atoms with Crippen molar-refractivity contribution in [1.82, 2.24) is 10.2 Å². The predicted molar refractivity (Wildman–Crippen MR) is 85.0 cm³/mol. The van der Waals surface area contributed by atoms with E-state index in [9.17, 15) is 0 Å². The molecule has 0 amide bonds. The van der Waals surface area contributed by atoms with Crippen LogP contribution in [-0.2, 0) is 5.41 Å². The normalized spacial score (nSPS) is 26.6. The molecule has 2 unspecified atom stereocenters. The molecule has 3 rings (SSSR count). The minimum Gasteiger partial charge on any atom is -0.313 e. The van der Waals surface area contributed by atoms with E-state index >= 15 is 0 Å². The fourth-order valence-corrected chi connectivity index (χ4v) is 3.41. The highest BCUT2D eigenvalue weighted by atomic mass is 15.2. The van der Waals surface area contributed by atoms with Crippen LogP contribution in [-0.4, -0.2) is 37.1 Å². The maximum atomic E-state index is 3.75. The van der Waals surface area contributed by atoms with Crippen LogP contribution in [0.15, 0.2) is 30.3 Å². The molecule has 2 heteroatoms. The summed E-state index contributed by atoms with van der Waals surface area (Å²) in [6, 6.07) is 11.9. The zero-order valence-electron chi connectivity index (χ0n) is 12.9. The summed E-state index contributed by atoms with van der Waals surface area (Å²) in [5, 5.41) is 3.75. The molecule has 2 nitrogen and oxygen atoms in total. The van der Waals surface area contributed by atoms with Gasteiger partial charge in [0.2, 0.25) is 0 Å². The van der Waals surface area contributed by atoms with E-state index in [0.717, 1.165) is 18.5 Å². The van der Waals surface area contributed by atoms with E-state index < -0.39 is 0 Å². The maximum Gasteiger partial charge on any atom is 0.0177 e. The molecule has 2 fully saturated rings. The number of hydrogen-bond acceptors (Lipinski definition) is 2. The van der Waals surface area contributed by atoms with Crippen molar-refractivity contribution in [3.63, 3.8) is 0 Å². The van der Waals surface area contributed by atoms with Crippen LogP contribution in [0, 0.1) is 5.92 Å². The third-order valence-electron chi connectivity index (χ3n) is 4.91. The third-order valence-corrected chi connectivity index (χ3v) is 4.91. The fourth-order valence-electron chi connectivity index (χ4n) is 3.41. The molecular formula is C18H28N2. The summed E-state index contributed by atoms with van der Waals surface area (Å²) in [6.45, 7) is 9.63. The molecular weight excluding hydrogens is 244 g/mol. The van der Waals surface area contributed by atoms with Crippen molar-refractivity contribution in [3.05, 3.63) is 35.9 Å². The first-order chi connectivity index (χ1) is 9.66. The van der Waals surface area contributed by atoms with Crippen molar-refractivity contribution >= 4 is 0 Å². The van der Waals surface area contributed by atoms with E-state index in [4.69, 9.17) is 0 Å². The van der Waals surface area contributed by atoms with E-state index in [1.54, 1.807) is 0 Å². The van der Waals surface area contributed by atoms with Crippen LogP contribution in [0.2, 0.25) is 0 Å². The first-order valence-corrected chi connectivity index (χ1v) is 8.17. The average Bonchev–Trinajstić information content (AvgIpc) is 3.21. The second-order valence-electron chi connectivity index (χ2n) is 7.21. The molecule has 20 heavy (non-hydrogen) atoms. The van der Waals surface area contributed by atoms with E-state index in [2.05, 4.69) is 54.4 Å². The SMILES string of the molecule is CC1CCN(CC(C)(CNC2CC2)c2ccccc2)C1. The van der Waals surface area contributed by atoms with Crippen LogP contribution < -0.4 is 5.32 Å². The molecule has 0 bridgehead atoms. The standard InChI is InChI=1S/C18H28N2/c1-15-10-11-20(12-15)14-18(2,13-19-17-8-9-17)16-6-4-3-5-7-16/h3-7,15,17,19H,8-14H2,1-2H3. The Balaban J connectivity index is 1.71. The summed E-state index contributed by atoms with van der Waals surface area (Å²) >= 11 is 0. The Kier molecular flexibility index (Phi) is 4.13. The van der Waals surface area contributed by atoms with Crippen molar-refractivity contribution in [3.8, 4) is 0 Å². The minimum absolute atomic E-state index is 0.230. The van der Waals surface area contributed by atoms with Gasteiger partial charge in [0.05, 0.1) is 0 Å². The van der Waals surface area contributed by atoms with E-state index in [0.29, 0.717) is 0 Å². The van der Waals surface area contributed by atoms with Crippen molar-refractivity contribution in [2.24, 2.45) is 5.92 Å². The van der Waals surface area contributed by atoms with E-state index in [1.165, 1.54) is 44.5 Å². The lowest BCUT2D eigenvalue weighted by Gasteiger charge is -2.35. The van der Waals surface area contributed by atoms with Crippen LogP contribution in [0.1, 0.15) is 38.7 Å². The molecule has 0 radical (unpaired) electrons. The van der Waals surface area contributed by atoms with E-state index in [1.807, 2.05) is 0 Å². The lowest BCUT2D eigenvalue weighted by Crippen LogP contribution is -2.45. The molecule has 1 N–H and O–H groups in total. The summed E-state index contributed by atoms with van der Waals surface area (Å²) in [4.78, 5) is 2.66. The van der Waals surface area contributed by atoms with Gasteiger partial charge in [-0.05, 0) is 37.3 Å². The molecule has 2 aliphatic rings. The van der Waals surface area contributed by atoms with Gasteiger partial charge >= 0.3 is 0 Å². The van der Waals surface area contributed by atoms with E-state index in [-0.39, 0.29) is 5.41 Å².